The second-order valence-electron chi connectivity index (χ2n) is 4.28. The Hall–Kier alpha value is -2.18. The number of halogens is 6. The van der Waals surface area contributed by atoms with E-state index >= 15 is 0 Å². The smallest absolute Gasteiger partial charge is 0.368 e. The van der Waals surface area contributed by atoms with Crippen molar-refractivity contribution in [3.8, 4) is 0 Å². The standard InChI is InChI=1S/C14H9F6N/c15-9-6-11(17)12(7-10(9)16)21-13(14(18,19)20)8-4-2-1-3-5-8/h1-7,13,21H. The van der Waals surface area contributed by atoms with E-state index < -0.39 is 35.4 Å². The molecule has 21 heavy (non-hydrogen) atoms. The lowest BCUT2D eigenvalue weighted by molar-refractivity contribution is -0.144. The van der Waals surface area contributed by atoms with E-state index in [2.05, 4.69) is 0 Å². The molecule has 0 spiro atoms. The molecular formula is C14H9F6N. The van der Waals surface area contributed by atoms with Gasteiger partial charge < -0.3 is 5.32 Å². The quantitative estimate of drug-likeness (QED) is 0.633. The number of hydrogen-bond donors (Lipinski definition) is 1. The van der Waals surface area contributed by atoms with Crippen LogP contribution in [0.2, 0.25) is 0 Å². The van der Waals surface area contributed by atoms with Crippen LogP contribution in [0.3, 0.4) is 0 Å². The van der Waals surface area contributed by atoms with E-state index in [0.29, 0.717) is 6.07 Å². The first-order valence-corrected chi connectivity index (χ1v) is 5.82. The predicted octanol–water partition coefficient (Wildman–Crippen LogP) is 4.82. The fraction of sp³-hybridized carbons (Fsp3) is 0.143. The van der Waals surface area contributed by atoms with Crippen LogP contribution >= 0.6 is 0 Å². The molecule has 0 saturated heterocycles. The lowest BCUT2D eigenvalue weighted by atomic mass is 10.1. The van der Waals surface area contributed by atoms with Crippen LogP contribution in [-0.4, -0.2) is 6.18 Å². The first-order valence-electron chi connectivity index (χ1n) is 5.82. The molecule has 2 aromatic carbocycles. The third-order valence-electron chi connectivity index (χ3n) is 2.77. The number of rotatable bonds is 3. The fourth-order valence-corrected chi connectivity index (χ4v) is 1.79. The van der Waals surface area contributed by atoms with Crippen LogP contribution in [0.5, 0.6) is 0 Å². The van der Waals surface area contributed by atoms with Gasteiger partial charge in [0.2, 0.25) is 0 Å². The number of anilines is 1. The molecule has 2 aromatic rings. The van der Waals surface area contributed by atoms with Crippen molar-refractivity contribution in [1.29, 1.82) is 0 Å². The first kappa shape index (κ1) is 15.2. The topological polar surface area (TPSA) is 12.0 Å². The summed E-state index contributed by atoms with van der Waals surface area (Å²) in [6, 6.07) is 5.00. The van der Waals surface area contributed by atoms with Gasteiger partial charge in [0.05, 0.1) is 5.69 Å². The molecule has 1 atom stereocenters. The number of benzene rings is 2. The zero-order chi connectivity index (χ0) is 15.6. The highest BCUT2D eigenvalue weighted by molar-refractivity contribution is 5.48. The predicted molar refractivity (Wildman–Crippen MR) is 65.2 cm³/mol. The average molecular weight is 305 g/mol. The zero-order valence-electron chi connectivity index (χ0n) is 10.4. The summed E-state index contributed by atoms with van der Waals surface area (Å²) < 4.78 is 78.4. The monoisotopic (exact) mass is 305 g/mol. The summed E-state index contributed by atoms with van der Waals surface area (Å²) in [7, 11) is 0. The summed E-state index contributed by atoms with van der Waals surface area (Å²) in [5, 5.41) is 1.86. The van der Waals surface area contributed by atoms with Gasteiger partial charge in [-0.1, -0.05) is 30.3 Å². The molecule has 2 rings (SSSR count). The van der Waals surface area contributed by atoms with Crippen molar-refractivity contribution < 1.29 is 26.3 Å². The number of alkyl halides is 3. The van der Waals surface area contributed by atoms with E-state index in [1.807, 2.05) is 5.32 Å². The SMILES string of the molecule is Fc1cc(F)c(NC(c2ccccc2)C(F)(F)F)cc1F. The zero-order valence-corrected chi connectivity index (χ0v) is 10.4. The molecule has 0 bridgehead atoms. The van der Waals surface area contributed by atoms with Crippen molar-refractivity contribution in [3.63, 3.8) is 0 Å². The molecule has 1 nitrogen and oxygen atoms in total. The van der Waals surface area contributed by atoms with Crippen LogP contribution in [0.25, 0.3) is 0 Å². The maximum atomic E-state index is 13.5. The Labute approximate surface area is 116 Å². The fourth-order valence-electron chi connectivity index (χ4n) is 1.79. The third-order valence-corrected chi connectivity index (χ3v) is 2.77. The Bertz CT molecular complexity index is 623. The summed E-state index contributed by atoms with van der Waals surface area (Å²) in [6.45, 7) is 0. The normalized spacial score (nSPS) is 13.0. The van der Waals surface area contributed by atoms with Crippen LogP contribution in [0.1, 0.15) is 11.6 Å². The van der Waals surface area contributed by atoms with Gasteiger partial charge in [-0.25, -0.2) is 13.2 Å². The summed E-state index contributed by atoms with van der Waals surface area (Å²) in [5.74, 6) is -4.21. The van der Waals surface area contributed by atoms with Crippen molar-refractivity contribution >= 4 is 5.69 Å². The summed E-state index contributed by atoms with van der Waals surface area (Å²) in [5.41, 5.74) is -0.936. The second-order valence-corrected chi connectivity index (χ2v) is 4.28. The van der Waals surface area contributed by atoms with Gasteiger partial charge >= 0.3 is 6.18 Å². The van der Waals surface area contributed by atoms with Crippen LogP contribution in [0.4, 0.5) is 32.0 Å². The molecule has 0 aliphatic carbocycles. The van der Waals surface area contributed by atoms with Crippen LogP contribution in [0, 0.1) is 17.5 Å². The molecule has 0 saturated carbocycles. The van der Waals surface area contributed by atoms with E-state index in [-0.39, 0.29) is 11.6 Å². The van der Waals surface area contributed by atoms with Crippen LogP contribution < -0.4 is 5.32 Å². The van der Waals surface area contributed by atoms with E-state index in [0.717, 1.165) is 0 Å². The second kappa shape index (κ2) is 5.67. The van der Waals surface area contributed by atoms with Gasteiger partial charge in [-0.2, -0.15) is 13.2 Å². The Morgan fingerprint density at radius 2 is 1.38 bits per heavy atom. The molecule has 1 unspecified atom stereocenters. The van der Waals surface area contributed by atoms with E-state index in [1.165, 1.54) is 30.3 Å². The highest BCUT2D eigenvalue weighted by Gasteiger charge is 2.41. The van der Waals surface area contributed by atoms with Gasteiger partial charge in [-0.15, -0.1) is 0 Å². The molecule has 0 fully saturated rings. The Morgan fingerprint density at radius 1 is 0.810 bits per heavy atom. The molecule has 1 N–H and O–H groups in total. The largest absolute Gasteiger partial charge is 0.412 e. The first-order chi connectivity index (χ1) is 9.79. The van der Waals surface area contributed by atoms with Crippen molar-refractivity contribution in [2.24, 2.45) is 0 Å². The lowest BCUT2D eigenvalue weighted by Gasteiger charge is -2.23. The van der Waals surface area contributed by atoms with Crippen molar-refractivity contribution in [3.05, 3.63) is 65.5 Å². The Morgan fingerprint density at radius 3 is 1.95 bits per heavy atom. The van der Waals surface area contributed by atoms with E-state index in [1.54, 1.807) is 0 Å². The summed E-state index contributed by atoms with van der Waals surface area (Å²) in [4.78, 5) is 0. The maximum Gasteiger partial charge on any atom is 0.412 e. The third kappa shape index (κ3) is 3.48. The highest BCUT2D eigenvalue weighted by Crippen LogP contribution is 2.36. The Kier molecular flexibility index (Phi) is 4.11. The van der Waals surface area contributed by atoms with Crippen molar-refractivity contribution in [2.45, 2.75) is 12.2 Å². The molecular weight excluding hydrogens is 296 g/mol. The summed E-state index contributed by atoms with van der Waals surface area (Å²) in [6.07, 6.45) is -4.74. The van der Waals surface area contributed by atoms with Gasteiger partial charge in [0.1, 0.15) is 11.9 Å². The van der Waals surface area contributed by atoms with E-state index in [4.69, 9.17) is 0 Å². The Balaban J connectivity index is 2.39. The molecule has 0 amide bonds. The molecule has 0 radical (unpaired) electrons. The van der Waals surface area contributed by atoms with E-state index in [9.17, 15) is 26.3 Å². The highest BCUT2D eigenvalue weighted by atomic mass is 19.4. The van der Waals surface area contributed by atoms with Crippen molar-refractivity contribution in [2.75, 3.05) is 5.32 Å². The maximum absolute atomic E-state index is 13.5. The van der Waals surface area contributed by atoms with Crippen LogP contribution in [0.15, 0.2) is 42.5 Å². The van der Waals surface area contributed by atoms with Gasteiger partial charge in [0, 0.05) is 12.1 Å². The molecule has 112 valence electrons. The minimum atomic E-state index is -4.74. The van der Waals surface area contributed by atoms with Gasteiger partial charge in [0.25, 0.3) is 0 Å². The van der Waals surface area contributed by atoms with Gasteiger partial charge in [-0.3, -0.25) is 0 Å². The molecule has 0 heterocycles. The minimum Gasteiger partial charge on any atom is -0.368 e. The average Bonchev–Trinajstić information content (AvgIpc) is 2.41. The number of nitrogens with one attached hydrogen (secondary N) is 1. The summed E-state index contributed by atoms with van der Waals surface area (Å²) >= 11 is 0. The van der Waals surface area contributed by atoms with Gasteiger partial charge in [0.15, 0.2) is 11.6 Å². The van der Waals surface area contributed by atoms with Crippen molar-refractivity contribution in [1.82, 2.24) is 0 Å². The van der Waals surface area contributed by atoms with Gasteiger partial charge in [-0.05, 0) is 5.56 Å². The molecule has 0 aromatic heterocycles. The minimum absolute atomic E-state index is 0.172. The van der Waals surface area contributed by atoms with Crippen LogP contribution in [-0.2, 0) is 0 Å². The number of hydrogen-bond acceptors (Lipinski definition) is 1. The molecule has 0 aliphatic rings. The lowest BCUT2D eigenvalue weighted by Crippen LogP contribution is -2.28. The molecule has 0 aliphatic heterocycles. The molecule has 7 heteroatoms.